The van der Waals surface area contributed by atoms with Crippen LogP contribution in [-0.2, 0) is 0 Å². The number of benzene rings is 1. The van der Waals surface area contributed by atoms with Crippen molar-refractivity contribution in [2.75, 3.05) is 0 Å². The largest absolute Gasteiger partial charge is 0.346 e. The molecule has 3 heteroatoms. The van der Waals surface area contributed by atoms with Crippen LogP contribution in [0.5, 0.6) is 0 Å². The van der Waals surface area contributed by atoms with Crippen LogP contribution in [0.3, 0.4) is 0 Å². The molecule has 0 radical (unpaired) electrons. The Morgan fingerprint density at radius 3 is 2.35 bits per heavy atom. The minimum atomic E-state index is -0.419. The molecule has 17 heavy (non-hydrogen) atoms. The van der Waals surface area contributed by atoms with Gasteiger partial charge in [-0.15, -0.1) is 11.6 Å². The molecular formula is C14H20ClNO. The fourth-order valence-corrected chi connectivity index (χ4v) is 1.40. The average Bonchev–Trinajstić information content (AvgIpc) is 2.21. The van der Waals surface area contributed by atoms with Gasteiger partial charge < -0.3 is 5.32 Å². The first-order valence-electron chi connectivity index (χ1n) is 5.78. The maximum Gasteiger partial charge on any atom is 0.251 e. The Morgan fingerprint density at radius 1 is 1.29 bits per heavy atom. The lowest BCUT2D eigenvalue weighted by Gasteiger charge is -2.29. The Kier molecular flexibility index (Phi) is 4.21. The number of alkyl halides is 1. The standard InChI is InChI=1S/C14H20ClNO/c1-9-6-7-12(8-10(9)2)13(17)16-14(4,5)11(3)15/h6-8,11H,1-5H3,(H,16,17). The molecule has 0 saturated carbocycles. The molecule has 1 aromatic carbocycles. The Bertz CT molecular complexity index is 424. The summed E-state index contributed by atoms with van der Waals surface area (Å²) in [5.74, 6) is -0.0781. The number of nitrogens with one attached hydrogen (secondary N) is 1. The molecule has 1 unspecified atom stereocenters. The van der Waals surface area contributed by atoms with Crippen LogP contribution in [0.2, 0.25) is 0 Å². The van der Waals surface area contributed by atoms with Gasteiger partial charge in [-0.25, -0.2) is 0 Å². The maximum absolute atomic E-state index is 12.1. The zero-order valence-corrected chi connectivity index (χ0v) is 11.9. The van der Waals surface area contributed by atoms with Crippen LogP contribution in [0.1, 0.15) is 42.3 Å². The molecule has 1 atom stereocenters. The van der Waals surface area contributed by atoms with Gasteiger partial charge in [0, 0.05) is 5.56 Å². The van der Waals surface area contributed by atoms with Crippen molar-refractivity contribution in [2.45, 2.75) is 45.5 Å². The first-order chi connectivity index (χ1) is 7.74. The summed E-state index contributed by atoms with van der Waals surface area (Å²) in [7, 11) is 0. The second-order valence-corrected chi connectivity index (χ2v) is 5.75. The average molecular weight is 254 g/mol. The first-order valence-corrected chi connectivity index (χ1v) is 6.21. The topological polar surface area (TPSA) is 29.1 Å². The summed E-state index contributed by atoms with van der Waals surface area (Å²) in [6.07, 6.45) is 0. The van der Waals surface area contributed by atoms with E-state index in [1.54, 1.807) is 0 Å². The van der Waals surface area contributed by atoms with Crippen LogP contribution in [0.4, 0.5) is 0 Å². The van der Waals surface area contributed by atoms with Gasteiger partial charge in [-0.2, -0.15) is 0 Å². The monoisotopic (exact) mass is 253 g/mol. The van der Waals surface area contributed by atoms with Gasteiger partial charge >= 0.3 is 0 Å². The Hall–Kier alpha value is -1.02. The Labute approximate surface area is 108 Å². The SMILES string of the molecule is Cc1ccc(C(=O)NC(C)(C)C(C)Cl)cc1C. The fourth-order valence-electron chi connectivity index (χ4n) is 1.35. The van der Waals surface area contributed by atoms with Crippen LogP contribution in [0, 0.1) is 13.8 Å². The first kappa shape index (κ1) is 14.0. The van der Waals surface area contributed by atoms with E-state index in [9.17, 15) is 4.79 Å². The molecule has 0 aromatic heterocycles. The van der Waals surface area contributed by atoms with Crippen molar-refractivity contribution in [3.8, 4) is 0 Å². The molecule has 0 aliphatic carbocycles. The summed E-state index contributed by atoms with van der Waals surface area (Å²) < 4.78 is 0. The second-order valence-electron chi connectivity index (χ2n) is 5.09. The quantitative estimate of drug-likeness (QED) is 0.822. The van der Waals surface area contributed by atoms with Crippen LogP contribution in [-0.4, -0.2) is 16.8 Å². The Morgan fingerprint density at radius 2 is 1.88 bits per heavy atom. The van der Waals surface area contributed by atoms with Gasteiger partial charge in [0.15, 0.2) is 0 Å². The van der Waals surface area contributed by atoms with E-state index in [0.717, 1.165) is 5.56 Å². The van der Waals surface area contributed by atoms with Crippen molar-refractivity contribution in [1.29, 1.82) is 0 Å². The zero-order chi connectivity index (χ0) is 13.2. The van der Waals surface area contributed by atoms with Gasteiger partial charge in [-0.05, 0) is 57.9 Å². The predicted octanol–water partition coefficient (Wildman–Crippen LogP) is 3.44. The zero-order valence-electron chi connectivity index (χ0n) is 11.1. The molecule has 1 amide bonds. The molecular weight excluding hydrogens is 234 g/mol. The van der Waals surface area contributed by atoms with E-state index >= 15 is 0 Å². The van der Waals surface area contributed by atoms with E-state index in [0.29, 0.717) is 5.56 Å². The molecule has 0 saturated heterocycles. The van der Waals surface area contributed by atoms with Crippen molar-refractivity contribution in [3.63, 3.8) is 0 Å². The molecule has 0 heterocycles. The molecule has 1 N–H and O–H groups in total. The summed E-state index contributed by atoms with van der Waals surface area (Å²) in [6.45, 7) is 9.75. The van der Waals surface area contributed by atoms with Crippen molar-refractivity contribution < 1.29 is 4.79 Å². The molecule has 0 aliphatic rings. The van der Waals surface area contributed by atoms with Crippen molar-refractivity contribution >= 4 is 17.5 Å². The van der Waals surface area contributed by atoms with Gasteiger partial charge in [-0.3, -0.25) is 4.79 Å². The summed E-state index contributed by atoms with van der Waals surface area (Å²) in [5.41, 5.74) is 2.57. The Balaban J connectivity index is 2.87. The van der Waals surface area contributed by atoms with E-state index in [2.05, 4.69) is 5.32 Å². The number of amides is 1. The van der Waals surface area contributed by atoms with Crippen LogP contribution in [0.25, 0.3) is 0 Å². The molecule has 1 aromatic rings. The minimum absolute atomic E-state index is 0.0781. The normalized spacial score (nSPS) is 13.3. The van der Waals surface area contributed by atoms with Gasteiger partial charge in [-0.1, -0.05) is 6.07 Å². The van der Waals surface area contributed by atoms with E-state index in [4.69, 9.17) is 11.6 Å². The summed E-state index contributed by atoms with van der Waals surface area (Å²) in [6, 6.07) is 5.70. The van der Waals surface area contributed by atoms with E-state index in [1.807, 2.05) is 52.8 Å². The van der Waals surface area contributed by atoms with Gasteiger partial charge in [0.2, 0.25) is 0 Å². The highest BCUT2D eigenvalue weighted by atomic mass is 35.5. The fraction of sp³-hybridized carbons (Fsp3) is 0.500. The second kappa shape index (κ2) is 5.09. The lowest BCUT2D eigenvalue weighted by Crippen LogP contribution is -2.49. The van der Waals surface area contributed by atoms with Crippen molar-refractivity contribution in [1.82, 2.24) is 5.32 Å². The highest BCUT2D eigenvalue weighted by Gasteiger charge is 2.26. The molecule has 0 spiro atoms. The third-order valence-electron chi connectivity index (χ3n) is 3.20. The van der Waals surface area contributed by atoms with Crippen LogP contribution >= 0.6 is 11.6 Å². The lowest BCUT2D eigenvalue weighted by molar-refractivity contribution is 0.0912. The van der Waals surface area contributed by atoms with Crippen molar-refractivity contribution in [2.24, 2.45) is 0 Å². The third kappa shape index (κ3) is 3.47. The van der Waals surface area contributed by atoms with E-state index in [-0.39, 0.29) is 11.3 Å². The lowest BCUT2D eigenvalue weighted by atomic mass is 10.00. The molecule has 0 bridgehead atoms. The molecule has 0 fully saturated rings. The van der Waals surface area contributed by atoms with E-state index in [1.165, 1.54) is 5.56 Å². The smallest absolute Gasteiger partial charge is 0.251 e. The van der Waals surface area contributed by atoms with Gasteiger partial charge in [0.05, 0.1) is 10.9 Å². The number of hydrogen-bond donors (Lipinski definition) is 1. The summed E-state index contributed by atoms with van der Waals surface area (Å²) in [5, 5.41) is 2.82. The number of carbonyl (C=O) groups is 1. The van der Waals surface area contributed by atoms with Gasteiger partial charge in [0.1, 0.15) is 0 Å². The van der Waals surface area contributed by atoms with E-state index < -0.39 is 5.54 Å². The number of rotatable bonds is 3. The number of carbonyl (C=O) groups excluding carboxylic acids is 1. The number of hydrogen-bond acceptors (Lipinski definition) is 1. The number of halogens is 1. The predicted molar refractivity (Wildman–Crippen MR) is 72.8 cm³/mol. The highest BCUT2D eigenvalue weighted by Crippen LogP contribution is 2.16. The molecule has 94 valence electrons. The van der Waals surface area contributed by atoms with Crippen molar-refractivity contribution in [3.05, 3.63) is 34.9 Å². The van der Waals surface area contributed by atoms with Crippen LogP contribution in [0.15, 0.2) is 18.2 Å². The number of aryl methyl sites for hydroxylation is 2. The van der Waals surface area contributed by atoms with Crippen LogP contribution < -0.4 is 5.32 Å². The molecule has 2 nitrogen and oxygen atoms in total. The minimum Gasteiger partial charge on any atom is -0.346 e. The third-order valence-corrected chi connectivity index (χ3v) is 3.74. The molecule has 1 rings (SSSR count). The summed E-state index contributed by atoms with van der Waals surface area (Å²) in [4.78, 5) is 12.1. The molecule has 0 aliphatic heterocycles. The summed E-state index contributed by atoms with van der Waals surface area (Å²) >= 11 is 6.04. The van der Waals surface area contributed by atoms with Gasteiger partial charge in [0.25, 0.3) is 5.91 Å². The maximum atomic E-state index is 12.1. The highest BCUT2D eigenvalue weighted by molar-refractivity contribution is 6.21.